The van der Waals surface area contributed by atoms with Gasteiger partial charge in [0.15, 0.2) is 4.96 Å². The fourth-order valence-electron chi connectivity index (χ4n) is 4.99. The molecule has 5 heterocycles. The third-order valence-electron chi connectivity index (χ3n) is 7.52. The van der Waals surface area contributed by atoms with E-state index in [4.69, 9.17) is 19.2 Å². The van der Waals surface area contributed by atoms with Crippen molar-refractivity contribution in [3.8, 4) is 11.3 Å². The second kappa shape index (κ2) is 11.3. The van der Waals surface area contributed by atoms with Gasteiger partial charge in [-0.3, -0.25) is 14.1 Å². The van der Waals surface area contributed by atoms with Crippen LogP contribution in [0.5, 0.6) is 0 Å². The van der Waals surface area contributed by atoms with Gasteiger partial charge in [-0.05, 0) is 17.7 Å². The van der Waals surface area contributed by atoms with Gasteiger partial charge in [0.2, 0.25) is 0 Å². The Hall–Kier alpha value is -3.60. The number of anilines is 1. The number of aromatic nitrogens is 4. The maximum absolute atomic E-state index is 12.7. The van der Waals surface area contributed by atoms with Gasteiger partial charge >= 0.3 is 0 Å². The molecule has 4 aromatic heterocycles. The molecule has 0 saturated carbocycles. The van der Waals surface area contributed by atoms with Crippen LogP contribution in [0.3, 0.4) is 0 Å². The Morgan fingerprint density at radius 3 is 2.56 bits per heavy atom. The van der Waals surface area contributed by atoms with E-state index < -0.39 is 0 Å². The number of ether oxygens (including phenoxy) is 1. The SMILES string of the molecule is CN(CCN1CCOCC1)c1ccc2c(n1)sc1nc(-c3ccc(CC(=O)Cc4cc(C(C)(C)C)on4)cc3)cn12. The average molecular weight is 573 g/mol. The van der Waals surface area contributed by atoms with E-state index in [2.05, 4.69) is 65.5 Å². The number of pyridine rings is 1. The number of ketones is 1. The van der Waals surface area contributed by atoms with Crippen LogP contribution in [-0.2, 0) is 27.8 Å². The van der Waals surface area contributed by atoms with Crippen LogP contribution in [0.25, 0.3) is 26.6 Å². The quantitative estimate of drug-likeness (QED) is 0.243. The third kappa shape index (κ3) is 6.19. The molecule has 0 unspecified atom stereocenters. The molecular formula is C31H36N6O3S. The van der Waals surface area contributed by atoms with Crippen LogP contribution in [0.2, 0.25) is 0 Å². The Bertz CT molecular complexity index is 1660. The number of fused-ring (bicyclic) bond motifs is 3. The molecule has 1 aliphatic heterocycles. The first-order chi connectivity index (χ1) is 19.7. The molecule has 10 heteroatoms. The maximum atomic E-state index is 12.7. The van der Waals surface area contributed by atoms with Crippen LogP contribution < -0.4 is 4.90 Å². The number of hydrogen-bond acceptors (Lipinski definition) is 9. The Morgan fingerprint density at radius 1 is 1.05 bits per heavy atom. The van der Waals surface area contributed by atoms with Crippen molar-refractivity contribution in [2.75, 3.05) is 51.3 Å². The van der Waals surface area contributed by atoms with Crippen LogP contribution >= 0.6 is 11.3 Å². The topological polar surface area (TPSA) is 89.0 Å². The van der Waals surface area contributed by atoms with Crippen molar-refractivity contribution in [1.29, 1.82) is 0 Å². The molecule has 41 heavy (non-hydrogen) atoms. The number of hydrogen-bond donors (Lipinski definition) is 0. The third-order valence-corrected chi connectivity index (χ3v) is 8.48. The summed E-state index contributed by atoms with van der Waals surface area (Å²) < 4.78 is 13.0. The second-order valence-electron chi connectivity index (χ2n) is 11.8. The number of benzene rings is 1. The summed E-state index contributed by atoms with van der Waals surface area (Å²) in [6.45, 7) is 11.7. The van der Waals surface area contributed by atoms with Gasteiger partial charge in [-0.1, -0.05) is 61.5 Å². The highest BCUT2D eigenvalue weighted by atomic mass is 32.1. The minimum atomic E-state index is -0.128. The summed E-state index contributed by atoms with van der Waals surface area (Å²) in [6, 6.07) is 14.2. The number of nitrogens with zero attached hydrogens (tertiary/aromatic N) is 6. The number of rotatable bonds is 9. The molecule has 0 aliphatic carbocycles. The number of imidazole rings is 1. The van der Waals surface area contributed by atoms with Gasteiger partial charge in [0.1, 0.15) is 22.2 Å². The van der Waals surface area contributed by atoms with Gasteiger partial charge in [-0.2, -0.15) is 0 Å². The van der Waals surface area contributed by atoms with Crippen molar-refractivity contribution in [1.82, 2.24) is 24.4 Å². The molecule has 0 bridgehead atoms. The Morgan fingerprint density at radius 2 is 1.83 bits per heavy atom. The van der Waals surface area contributed by atoms with Crippen molar-refractivity contribution in [3.05, 3.63) is 65.7 Å². The fourth-order valence-corrected chi connectivity index (χ4v) is 5.97. The van der Waals surface area contributed by atoms with Crippen LogP contribution in [-0.4, -0.2) is 76.6 Å². The van der Waals surface area contributed by atoms with Gasteiger partial charge in [0.05, 0.1) is 36.5 Å². The van der Waals surface area contributed by atoms with Gasteiger partial charge in [0.25, 0.3) is 0 Å². The number of thiazole rings is 1. The first kappa shape index (κ1) is 27.6. The van der Waals surface area contributed by atoms with Crippen molar-refractivity contribution in [2.24, 2.45) is 0 Å². The van der Waals surface area contributed by atoms with Crippen molar-refractivity contribution in [2.45, 2.75) is 39.0 Å². The molecule has 0 atom stereocenters. The predicted octanol–water partition coefficient (Wildman–Crippen LogP) is 5.02. The molecule has 5 aromatic rings. The monoisotopic (exact) mass is 572 g/mol. The van der Waals surface area contributed by atoms with Crippen LogP contribution in [0.1, 0.15) is 37.8 Å². The lowest BCUT2D eigenvalue weighted by Crippen LogP contribution is -2.40. The number of Topliss-reactive ketones (excluding diaryl/α,β-unsaturated/α-hetero) is 1. The summed E-state index contributed by atoms with van der Waals surface area (Å²) >= 11 is 1.60. The number of likely N-dealkylation sites (N-methyl/N-ethyl adjacent to an activating group) is 1. The average Bonchev–Trinajstić information content (AvgIpc) is 3.67. The molecule has 1 fully saturated rings. The molecule has 214 valence electrons. The molecule has 9 nitrogen and oxygen atoms in total. The lowest BCUT2D eigenvalue weighted by molar-refractivity contribution is -0.117. The highest BCUT2D eigenvalue weighted by Crippen LogP contribution is 2.30. The molecular weight excluding hydrogens is 536 g/mol. The van der Waals surface area contributed by atoms with Gasteiger partial charge in [-0.25, -0.2) is 9.97 Å². The molecule has 1 saturated heterocycles. The molecule has 1 aliphatic rings. The molecule has 6 rings (SSSR count). The highest BCUT2D eigenvalue weighted by molar-refractivity contribution is 7.23. The van der Waals surface area contributed by atoms with Crippen LogP contribution in [0.15, 0.2) is 53.2 Å². The van der Waals surface area contributed by atoms with E-state index in [1.165, 1.54) is 0 Å². The fraction of sp³-hybridized carbons (Fsp3) is 0.419. The lowest BCUT2D eigenvalue weighted by atomic mass is 9.93. The zero-order chi connectivity index (χ0) is 28.6. The van der Waals surface area contributed by atoms with Gasteiger partial charge in [0, 0.05) is 62.9 Å². The first-order valence-corrected chi connectivity index (χ1v) is 14.9. The Balaban J connectivity index is 1.10. The Kier molecular flexibility index (Phi) is 7.63. The maximum Gasteiger partial charge on any atom is 0.196 e. The summed E-state index contributed by atoms with van der Waals surface area (Å²) in [5, 5.41) is 4.08. The minimum absolute atomic E-state index is 0.110. The van der Waals surface area contributed by atoms with E-state index in [1.807, 2.05) is 30.3 Å². The van der Waals surface area contributed by atoms with Crippen LogP contribution in [0.4, 0.5) is 5.82 Å². The zero-order valence-electron chi connectivity index (χ0n) is 24.1. The molecule has 0 amide bonds. The zero-order valence-corrected chi connectivity index (χ0v) is 24.9. The van der Waals surface area contributed by atoms with Gasteiger partial charge in [-0.15, -0.1) is 0 Å². The summed E-state index contributed by atoms with van der Waals surface area (Å²) in [5.41, 5.74) is 4.50. The lowest BCUT2D eigenvalue weighted by Gasteiger charge is -2.28. The van der Waals surface area contributed by atoms with Crippen molar-refractivity contribution >= 4 is 38.2 Å². The molecule has 0 spiro atoms. The summed E-state index contributed by atoms with van der Waals surface area (Å²) in [4.78, 5) is 29.0. The summed E-state index contributed by atoms with van der Waals surface area (Å²) in [5.74, 6) is 1.87. The highest BCUT2D eigenvalue weighted by Gasteiger charge is 2.21. The molecule has 0 radical (unpaired) electrons. The largest absolute Gasteiger partial charge is 0.379 e. The van der Waals surface area contributed by atoms with E-state index in [-0.39, 0.29) is 17.6 Å². The minimum Gasteiger partial charge on any atom is -0.379 e. The molecule has 0 N–H and O–H groups in total. The van der Waals surface area contributed by atoms with E-state index in [0.717, 1.165) is 83.1 Å². The van der Waals surface area contributed by atoms with Crippen molar-refractivity contribution < 1.29 is 14.1 Å². The molecule has 1 aromatic carbocycles. The van der Waals surface area contributed by atoms with E-state index in [9.17, 15) is 4.79 Å². The van der Waals surface area contributed by atoms with E-state index in [0.29, 0.717) is 12.1 Å². The number of morpholine rings is 1. The number of carbonyl (C=O) groups is 1. The Labute approximate surface area is 243 Å². The standard InChI is InChI=1S/C31H36N6O3S/c1-31(2,3)27-19-23(34-40-27)18-24(38)17-21-5-7-22(8-6-21)25-20-37-26-9-10-28(33-29(26)41-30(37)32-25)35(4)11-12-36-13-15-39-16-14-36/h5-10,19-20H,11-18H2,1-4H3. The summed E-state index contributed by atoms with van der Waals surface area (Å²) in [7, 11) is 2.10. The second-order valence-corrected chi connectivity index (χ2v) is 12.7. The van der Waals surface area contributed by atoms with Crippen LogP contribution in [0, 0.1) is 0 Å². The van der Waals surface area contributed by atoms with E-state index >= 15 is 0 Å². The first-order valence-electron chi connectivity index (χ1n) is 14.1. The smallest absolute Gasteiger partial charge is 0.196 e. The predicted molar refractivity (Wildman–Crippen MR) is 162 cm³/mol. The van der Waals surface area contributed by atoms with Gasteiger partial charge < -0.3 is 14.2 Å². The van der Waals surface area contributed by atoms with E-state index in [1.54, 1.807) is 11.3 Å². The number of carbonyl (C=O) groups excluding carboxylic acids is 1. The normalized spacial score (nSPS) is 14.7. The summed E-state index contributed by atoms with van der Waals surface area (Å²) in [6.07, 6.45) is 2.69. The van der Waals surface area contributed by atoms with Crippen molar-refractivity contribution in [3.63, 3.8) is 0 Å².